The van der Waals surface area contributed by atoms with Crippen LogP contribution >= 0.6 is 11.9 Å². The van der Waals surface area contributed by atoms with Gasteiger partial charge in [0.05, 0.1) is 18.5 Å². The third kappa shape index (κ3) is 11.7. The molecule has 0 N–H and O–H groups in total. The van der Waals surface area contributed by atoms with Gasteiger partial charge in [-0.1, -0.05) is 0 Å². The second-order valence-corrected chi connectivity index (χ2v) is 0.616. The number of hydrogen-bond donors (Lipinski definition) is 0. The molecule has 0 rings (SSSR count). The van der Waals surface area contributed by atoms with Crippen LogP contribution < -0.4 is 0 Å². The summed E-state index contributed by atoms with van der Waals surface area (Å²) < 4.78 is 4.01. The van der Waals surface area contributed by atoms with Crippen LogP contribution in [-0.4, -0.2) is 24.0 Å². The van der Waals surface area contributed by atoms with Crippen molar-refractivity contribution in [3.63, 3.8) is 0 Å². The molecular formula is C2H8AlClO. The lowest BCUT2D eigenvalue weighted by Crippen LogP contribution is -1.64. The molecule has 0 aromatic rings. The van der Waals surface area contributed by atoms with Gasteiger partial charge in [-0.3, -0.25) is 4.29 Å². The monoisotopic (exact) mass is 110 g/mol. The van der Waals surface area contributed by atoms with E-state index in [1.165, 1.54) is 0 Å². The van der Waals surface area contributed by atoms with Gasteiger partial charge in [-0.2, -0.15) is 0 Å². The minimum absolute atomic E-state index is 0. The molecule has 0 saturated carbocycles. The van der Waals surface area contributed by atoms with Gasteiger partial charge >= 0.3 is 0 Å². The lowest BCUT2D eigenvalue weighted by molar-refractivity contribution is 0.378. The molecule has 5 heavy (non-hydrogen) atoms. The van der Waals surface area contributed by atoms with Crippen molar-refractivity contribution in [3.05, 3.63) is 0 Å². The lowest BCUT2D eigenvalue weighted by atomic mass is 10.9. The summed E-state index contributed by atoms with van der Waals surface area (Å²) in [6.45, 7) is 2.41. The highest BCUT2D eigenvalue weighted by molar-refractivity contribution is 6.07. The summed E-state index contributed by atoms with van der Waals surface area (Å²) in [5.41, 5.74) is 0. The van der Waals surface area contributed by atoms with E-state index >= 15 is 0 Å². The molecule has 0 aliphatic carbocycles. The van der Waals surface area contributed by atoms with Crippen molar-refractivity contribution in [2.45, 2.75) is 6.92 Å². The molecule has 0 fully saturated rings. The van der Waals surface area contributed by atoms with Crippen molar-refractivity contribution in [2.24, 2.45) is 0 Å². The molecular weight excluding hydrogens is 102 g/mol. The highest BCUT2D eigenvalue weighted by Gasteiger charge is 1.55. The lowest BCUT2D eigenvalue weighted by Gasteiger charge is -1.70. The Balaban J connectivity index is 0. The highest BCUT2D eigenvalue weighted by Crippen LogP contribution is 1.71. The van der Waals surface area contributed by atoms with Crippen LogP contribution in [0.1, 0.15) is 6.92 Å². The minimum atomic E-state index is 0. The predicted octanol–water partition coefficient (Wildman–Crippen LogP) is -0.00720. The molecule has 0 aromatic heterocycles. The van der Waals surface area contributed by atoms with Gasteiger partial charge in [-0.05, 0) is 6.92 Å². The average molecular weight is 111 g/mol. The Hall–Kier alpha value is 0.782. The van der Waals surface area contributed by atoms with Gasteiger partial charge in [-0.15, -0.1) is 0 Å². The molecule has 0 radical (unpaired) electrons. The maximum absolute atomic E-state index is 4.69. The standard InChI is InChI=1S/C2H5ClO.Al.3H/c1-2-4-3;;;;/h2H2,1H3;;;;. The molecule has 0 atom stereocenters. The summed E-state index contributed by atoms with van der Waals surface area (Å²) >= 11 is 4.69. The van der Waals surface area contributed by atoms with Crippen LogP contribution in [0.3, 0.4) is 0 Å². The Morgan fingerprint density at radius 2 is 2.00 bits per heavy atom. The van der Waals surface area contributed by atoms with Crippen molar-refractivity contribution >= 4 is 29.2 Å². The number of halogens is 1. The molecule has 0 amide bonds. The molecule has 0 heterocycles. The molecule has 0 aromatic carbocycles. The second kappa shape index (κ2) is 8.84. The normalized spacial score (nSPS) is 6.00. The Labute approximate surface area is 47.6 Å². The smallest absolute Gasteiger partial charge is 0.187 e. The van der Waals surface area contributed by atoms with Gasteiger partial charge in [0.15, 0.2) is 17.4 Å². The maximum Gasteiger partial charge on any atom is 0.187 e. The van der Waals surface area contributed by atoms with E-state index in [0.717, 1.165) is 0 Å². The Kier molecular flexibility index (Phi) is 16.3. The summed E-state index contributed by atoms with van der Waals surface area (Å²) in [5.74, 6) is 0. The van der Waals surface area contributed by atoms with E-state index in [0.29, 0.717) is 6.61 Å². The first-order valence-corrected chi connectivity index (χ1v) is 1.46. The first kappa shape index (κ1) is 9.24. The van der Waals surface area contributed by atoms with E-state index in [1.807, 2.05) is 6.92 Å². The minimum Gasteiger partial charge on any atom is -0.280 e. The predicted molar refractivity (Wildman–Crippen MR) is 27.4 cm³/mol. The van der Waals surface area contributed by atoms with Crippen LogP contribution in [0.25, 0.3) is 0 Å². The molecule has 1 nitrogen and oxygen atoms in total. The Morgan fingerprint density at radius 1 is 1.80 bits per heavy atom. The second-order valence-electron chi connectivity index (χ2n) is 0.398. The molecule has 0 aliphatic rings. The maximum atomic E-state index is 4.69. The molecule has 0 aliphatic heterocycles. The van der Waals surface area contributed by atoms with Gasteiger partial charge in [0.1, 0.15) is 0 Å². The van der Waals surface area contributed by atoms with Crippen molar-refractivity contribution < 1.29 is 4.29 Å². The third-order valence-electron chi connectivity index (χ3n) is 0.109. The van der Waals surface area contributed by atoms with Gasteiger partial charge in [0, 0.05) is 0 Å². The van der Waals surface area contributed by atoms with Crippen LogP contribution in [0.2, 0.25) is 0 Å². The summed E-state index contributed by atoms with van der Waals surface area (Å²) in [4.78, 5) is 0. The van der Waals surface area contributed by atoms with Gasteiger partial charge < -0.3 is 0 Å². The Bertz CT molecular complexity index is 11.6. The molecule has 0 bridgehead atoms. The number of rotatable bonds is 1. The van der Waals surface area contributed by atoms with Crippen molar-refractivity contribution in [2.75, 3.05) is 6.61 Å². The fraction of sp³-hybridized carbons (Fsp3) is 1.00. The SMILES string of the molecule is CCOCl.[AlH3]. The van der Waals surface area contributed by atoms with E-state index in [1.54, 1.807) is 0 Å². The largest absolute Gasteiger partial charge is 0.280 e. The van der Waals surface area contributed by atoms with Crippen molar-refractivity contribution in [3.8, 4) is 0 Å². The van der Waals surface area contributed by atoms with Crippen LogP contribution in [0.4, 0.5) is 0 Å². The Morgan fingerprint density at radius 3 is 2.00 bits per heavy atom. The van der Waals surface area contributed by atoms with E-state index in [9.17, 15) is 0 Å². The fourth-order valence-corrected chi connectivity index (χ4v) is 0. The fourth-order valence-electron chi connectivity index (χ4n) is 0. The summed E-state index contributed by atoms with van der Waals surface area (Å²) in [7, 11) is 0. The van der Waals surface area contributed by atoms with Gasteiger partial charge in [0.25, 0.3) is 0 Å². The van der Waals surface area contributed by atoms with Gasteiger partial charge in [-0.25, -0.2) is 0 Å². The van der Waals surface area contributed by atoms with Crippen LogP contribution in [-0.2, 0) is 4.29 Å². The molecule has 0 saturated heterocycles. The van der Waals surface area contributed by atoms with Crippen LogP contribution in [0.5, 0.6) is 0 Å². The topological polar surface area (TPSA) is 9.23 Å². The zero-order chi connectivity index (χ0) is 3.41. The number of hydrogen-bond acceptors (Lipinski definition) is 1. The molecule has 3 heteroatoms. The first-order chi connectivity index (χ1) is 1.91. The average Bonchev–Trinajstić information content (AvgIpc) is 1.37. The summed E-state index contributed by atoms with van der Waals surface area (Å²) in [6, 6.07) is 0. The highest BCUT2D eigenvalue weighted by atomic mass is 35.5. The van der Waals surface area contributed by atoms with Crippen molar-refractivity contribution in [1.29, 1.82) is 0 Å². The molecule has 32 valence electrons. The molecule has 0 spiro atoms. The first-order valence-electron chi connectivity index (χ1n) is 1.15. The summed E-state index contributed by atoms with van der Waals surface area (Å²) in [5, 5.41) is 0. The van der Waals surface area contributed by atoms with Crippen molar-refractivity contribution in [1.82, 2.24) is 0 Å². The van der Waals surface area contributed by atoms with E-state index in [-0.39, 0.29) is 17.4 Å². The zero-order valence-corrected chi connectivity index (χ0v) is 3.25. The van der Waals surface area contributed by atoms with E-state index in [4.69, 9.17) is 0 Å². The zero-order valence-electron chi connectivity index (χ0n) is 2.49. The van der Waals surface area contributed by atoms with E-state index < -0.39 is 0 Å². The third-order valence-corrected chi connectivity index (χ3v) is 0.327. The van der Waals surface area contributed by atoms with Gasteiger partial charge in [0.2, 0.25) is 0 Å². The quantitative estimate of drug-likeness (QED) is 0.432. The van der Waals surface area contributed by atoms with E-state index in [2.05, 4.69) is 16.2 Å². The van der Waals surface area contributed by atoms with Crippen LogP contribution in [0, 0.1) is 0 Å². The molecule has 0 unspecified atom stereocenters. The van der Waals surface area contributed by atoms with Crippen LogP contribution in [0.15, 0.2) is 0 Å². The summed E-state index contributed by atoms with van der Waals surface area (Å²) in [6.07, 6.45) is 0.